The number of benzene rings is 2. The van der Waals surface area contributed by atoms with Gasteiger partial charge in [-0.25, -0.2) is 9.69 Å². The van der Waals surface area contributed by atoms with Crippen LogP contribution >= 0.6 is 11.3 Å². The maximum absolute atomic E-state index is 13.5. The predicted molar refractivity (Wildman–Crippen MR) is 124 cm³/mol. The molecule has 1 aliphatic heterocycles. The number of nitrogens with zero attached hydrogens (tertiary/aromatic N) is 2. The Labute approximate surface area is 195 Å². The van der Waals surface area contributed by atoms with Crippen molar-refractivity contribution in [3.8, 4) is 0 Å². The molecule has 0 radical (unpaired) electrons. The first kappa shape index (κ1) is 22.4. The Morgan fingerprint density at radius 1 is 1.06 bits per heavy atom. The van der Waals surface area contributed by atoms with Crippen molar-refractivity contribution in [1.82, 2.24) is 4.90 Å². The van der Waals surface area contributed by atoms with E-state index in [-0.39, 0.29) is 18.9 Å². The van der Waals surface area contributed by atoms with E-state index in [0.29, 0.717) is 16.8 Å². The zero-order valence-electron chi connectivity index (χ0n) is 18.2. The van der Waals surface area contributed by atoms with Crippen LogP contribution in [0.1, 0.15) is 37.6 Å². The molecule has 7 nitrogen and oxygen atoms in total. The number of methoxy groups -OCH3 is 1. The third kappa shape index (κ3) is 4.56. The predicted octanol–water partition coefficient (Wildman–Crippen LogP) is 3.82. The van der Waals surface area contributed by atoms with E-state index in [1.807, 2.05) is 30.5 Å². The summed E-state index contributed by atoms with van der Waals surface area (Å²) in [6, 6.07) is 16.1. The van der Waals surface area contributed by atoms with Gasteiger partial charge in [0.25, 0.3) is 11.8 Å². The first-order valence-electron chi connectivity index (χ1n) is 10.3. The molecule has 2 aromatic carbocycles. The topological polar surface area (TPSA) is 84.0 Å². The largest absolute Gasteiger partial charge is 0.465 e. The van der Waals surface area contributed by atoms with Crippen LogP contribution in [0.4, 0.5) is 5.69 Å². The SMILES string of the molecule is COC(=O)c1ccc(N2C(=O)CC(N(Cc3cccs3)C(=O)c3cccc(C)c3)C2=O)cc1. The van der Waals surface area contributed by atoms with Crippen molar-refractivity contribution in [2.45, 2.75) is 25.9 Å². The minimum atomic E-state index is -0.923. The van der Waals surface area contributed by atoms with Crippen molar-refractivity contribution < 1.29 is 23.9 Å². The zero-order valence-corrected chi connectivity index (χ0v) is 19.0. The number of esters is 1. The van der Waals surface area contributed by atoms with E-state index in [1.54, 1.807) is 18.2 Å². The summed E-state index contributed by atoms with van der Waals surface area (Å²) >= 11 is 1.48. The summed E-state index contributed by atoms with van der Waals surface area (Å²) < 4.78 is 4.69. The van der Waals surface area contributed by atoms with Crippen LogP contribution in [0.2, 0.25) is 0 Å². The molecule has 3 aromatic rings. The molecule has 4 rings (SSSR count). The lowest BCUT2D eigenvalue weighted by molar-refractivity contribution is -0.122. The van der Waals surface area contributed by atoms with E-state index in [4.69, 9.17) is 0 Å². The lowest BCUT2D eigenvalue weighted by Crippen LogP contribution is -2.45. The number of carbonyl (C=O) groups is 4. The molecular weight excluding hydrogens is 440 g/mol. The first-order valence-corrected chi connectivity index (χ1v) is 11.2. The lowest BCUT2D eigenvalue weighted by Gasteiger charge is -2.27. The van der Waals surface area contributed by atoms with E-state index in [1.165, 1.54) is 47.6 Å². The molecule has 8 heteroatoms. The molecule has 33 heavy (non-hydrogen) atoms. The van der Waals surface area contributed by atoms with Gasteiger partial charge in [0.15, 0.2) is 0 Å². The third-order valence-electron chi connectivity index (χ3n) is 5.48. The highest BCUT2D eigenvalue weighted by atomic mass is 32.1. The highest BCUT2D eigenvalue weighted by Crippen LogP contribution is 2.29. The normalized spacial score (nSPS) is 15.6. The average Bonchev–Trinajstić information content (AvgIpc) is 3.44. The second kappa shape index (κ2) is 9.38. The van der Waals surface area contributed by atoms with Gasteiger partial charge < -0.3 is 9.64 Å². The number of hydrogen-bond acceptors (Lipinski definition) is 6. The molecule has 3 amide bonds. The maximum atomic E-state index is 13.5. The van der Waals surface area contributed by atoms with Crippen LogP contribution in [-0.2, 0) is 20.9 Å². The molecule has 1 atom stereocenters. The molecular formula is C25H22N2O5S. The standard InChI is InChI=1S/C25H22N2O5S/c1-16-5-3-6-18(13-16)23(29)26(15-20-7-4-12-33-20)21-14-22(28)27(24(21)30)19-10-8-17(9-11-19)25(31)32-2/h3-13,21H,14-15H2,1-2H3. The molecule has 2 heterocycles. The molecule has 0 bridgehead atoms. The molecule has 1 fully saturated rings. The van der Waals surface area contributed by atoms with Crippen LogP contribution in [0.3, 0.4) is 0 Å². The number of anilines is 1. The van der Waals surface area contributed by atoms with Crippen LogP contribution in [0.25, 0.3) is 0 Å². The molecule has 0 aliphatic carbocycles. The molecule has 168 valence electrons. The fraction of sp³-hybridized carbons (Fsp3) is 0.200. The quantitative estimate of drug-likeness (QED) is 0.411. The number of imide groups is 1. The van der Waals surface area contributed by atoms with Gasteiger partial charge in [-0.1, -0.05) is 23.8 Å². The Hall–Kier alpha value is -3.78. The van der Waals surface area contributed by atoms with Gasteiger partial charge in [0.1, 0.15) is 6.04 Å². The van der Waals surface area contributed by atoms with Gasteiger partial charge in [0, 0.05) is 10.4 Å². The number of rotatable bonds is 6. The van der Waals surface area contributed by atoms with Crippen LogP contribution < -0.4 is 4.90 Å². The van der Waals surface area contributed by atoms with E-state index >= 15 is 0 Å². The Balaban J connectivity index is 1.64. The lowest BCUT2D eigenvalue weighted by atomic mass is 10.1. The maximum Gasteiger partial charge on any atom is 0.337 e. The van der Waals surface area contributed by atoms with Crippen molar-refractivity contribution in [1.29, 1.82) is 0 Å². The second-order valence-electron chi connectivity index (χ2n) is 7.71. The number of amides is 3. The summed E-state index contributed by atoms with van der Waals surface area (Å²) in [5, 5.41) is 1.90. The van der Waals surface area contributed by atoms with Crippen LogP contribution in [0, 0.1) is 6.92 Å². The third-order valence-corrected chi connectivity index (χ3v) is 6.34. The Bertz CT molecular complexity index is 1200. The summed E-state index contributed by atoms with van der Waals surface area (Å²) in [5.41, 5.74) is 2.05. The van der Waals surface area contributed by atoms with Gasteiger partial charge in [-0.2, -0.15) is 0 Å². The van der Waals surface area contributed by atoms with E-state index in [0.717, 1.165) is 15.3 Å². The first-order chi connectivity index (χ1) is 15.9. The van der Waals surface area contributed by atoms with Crippen molar-refractivity contribution in [3.05, 3.63) is 87.6 Å². The second-order valence-corrected chi connectivity index (χ2v) is 8.74. The van der Waals surface area contributed by atoms with E-state index < -0.39 is 23.8 Å². The van der Waals surface area contributed by atoms with Gasteiger partial charge in [0.05, 0.1) is 31.3 Å². The Kier molecular flexibility index (Phi) is 6.37. The molecule has 1 unspecified atom stereocenters. The smallest absolute Gasteiger partial charge is 0.337 e. The molecule has 0 N–H and O–H groups in total. The Morgan fingerprint density at radius 2 is 1.82 bits per heavy atom. The summed E-state index contributed by atoms with van der Waals surface area (Å²) in [6.45, 7) is 2.12. The van der Waals surface area contributed by atoms with Gasteiger partial charge in [-0.05, 0) is 54.8 Å². The molecule has 1 aliphatic rings. The van der Waals surface area contributed by atoms with Crippen LogP contribution in [0.15, 0.2) is 66.0 Å². The fourth-order valence-electron chi connectivity index (χ4n) is 3.83. The van der Waals surface area contributed by atoms with Gasteiger partial charge in [-0.3, -0.25) is 14.4 Å². The van der Waals surface area contributed by atoms with Crippen molar-refractivity contribution in [2.24, 2.45) is 0 Å². The van der Waals surface area contributed by atoms with Crippen LogP contribution in [-0.4, -0.2) is 41.7 Å². The van der Waals surface area contributed by atoms with Crippen molar-refractivity contribution in [3.63, 3.8) is 0 Å². The number of carbonyl (C=O) groups excluding carboxylic acids is 4. The minimum absolute atomic E-state index is 0.111. The Morgan fingerprint density at radius 3 is 2.45 bits per heavy atom. The number of aryl methyl sites for hydroxylation is 1. The summed E-state index contributed by atoms with van der Waals surface area (Å²) in [5.74, 6) is -1.68. The summed E-state index contributed by atoms with van der Waals surface area (Å²) in [4.78, 5) is 54.9. The monoisotopic (exact) mass is 462 g/mol. The number of ether oxygens (including phenoxy) is 1. The van der Waals surface area contributed by atoms with Gasteiger partial charge >= 0.3 is 5.97 Å². The van der Waals surface area contributed by atoms with Gasteiger partial charge in [0.2, 0.25) is 5.91 Å². The molecule has 0 spiro atoms. The van der Waals surface area contributed by atoms with Crippen molar-refractivity contribution >= 4 is 40.7 Å². The molecule has 0 saturated carbocycles. The highest BCUT2D eigenvalue weighted by Gasteiger charge is 2.44. The highest BCUT2D eigenvalue weighted by molar-refractivity contribution is 7.09. The zero-order chi connectivity index (χ0) is 23.5. The number of hydrogen-bond donors (Lipinski definition) is 0. The van der Waals surface area contributed by atoms with E-state index in [9.17, 15) is 19.2 Å². The average molecular weight is 463 g/mol. The van der Waals surface area contributed by atoms with Crippen molar-refractivity contribution in [2.75, 3.05) is 12.0 Å². The number of thiophene rings is 1. The van der Waals surface area contributed by atoms with Crippen LogP contribution in [0.5, 0.6) is 0 Å². The summed E-state index contributed by atoms with van der Waals surface area (Å²) in [7, 11) is 1.28. The molecule has 1 aromatic heterocycles. The van der Waals surface area contributed by atoms with Gasteiger partial charge in [-0.15, -0.1) is 11.3 Å². The van der Waals surface area contributed by atoms with E-state index in [2.05, 4.69) is 4.74 Å². The molecule has 1 saturated heterocycles. The summed E-state index contributed by atoms with van der Waals surface area (Å²) in [6.07, 6.45) is -0.111. The minimum Gasteiger partial charge on any atom is -0.465 e. The fourth-order valence-corrected chi connectivity index (χ4v) is 4.54.